The van der Waals surface area contributed by atoms with Crippen molar-refractivity contribution in [2.24, 2.45) is 0 Å². The molecule has 2 atom stereocenters. The molecule has 1 fully saturated rings. The topological polar surface area (TPSA) is 38.7 Å². The van der Waals surface area contributed by atoms with Gasteiger partial charge in [0.25, 0.3) is 0 Å². The van der Waals surface area contributed by atoms with Gasteiger partial charge in [-0.2, -0.15) is 0 Å². The predicted molar refractivity (Wildman–Crippen MR) is 45.2 cm³/mol. The molecule has 4 heteroatoms. The van der Waals surface area contributed by atoms with Crippen LogP contribution in [0.25, 0.3) is 0 Å². The smallest absolute Gasteiger partial charge is 0.159 e. The van der Waals surface area contributed by atoms with E-state index in [1.54, 1.807) is 0 Å². The van der Waals surface area contributed by atoms with Crippen LogP contribution >= 0.6 is 22.6 Å². The lowest BCUT2D eigenvalue weighted by atomic mass is 10.4. The first kappa shape index (κ1) is 8.70. The minimum atomic E-state index is -0.0899. The number of hydrogen-bond donors (Lipinski definition) is 1. The number of rotatable bonds is 3. The Kier molecular flexibility index (Phi) is 3.90. The third kappa shape index (κ3) is 2.34. The number of aliphatic hydroxyl groups is 1. The van der Waals surface area contributed by atoms with Gasteiger partial charge in [0.1, 0.15) is 6.10 Å². The number of halogens is 1. The number of aliphatic hydroxyl groups excluding tert-OH is 1. The highest BCUT2D eigenvalue weighted by Gasteiger charge is 2.24. The van der Waals surface area contributed by atoms with E-state index < -0.39 is 0 Å². The lowest BCUT2D eigenvalue weighted by molar-refractivity contribution is -0.0647. The minimum absolute atomic E-state index is 0.0672. The molecule has 1 saturated heterocycles. The highest BCUT2D eigenvalue weighted by molar-refractivity contribution is 14.1. The highest BCUT2D eigenvalue weighted by Crippen LogP contribution is 2.14. The Morgan fingerprint density at radius 3 is 2.90 bits per heavy atom. The molecule has 0 amide bonds. The van der Waals surface area contributed by atoms with E-state index in [0.29, 0.717) is 6.61 Å². The zero-order valence-corrected chi connectivity index (χ0v) is 7.78. The van der Waals surface area contributed by atoms with E-state index in [1.165, 1.54) is 0 Å². The van der Waals surface area contributed by atoms with Crippen molar-refractivity contribution >= 4 is 22.6 Å². The van der Waals surface area contributed by atoms with E-state index in [-0.39, 0.29) is 19.0 Å². The van der Waals surface area contributed by atoms with Gasteiger partial charge in [-0.15, -0.1) is 0 Å². The summed E-state index contributed by atoms with van der Waals surface area (Å²) in [5, 5.41) is 8.65. The van der Waals surface area contributed by atoms with Crippen molar-refractivity contribution in [2.75, 3.05) is 17.6 Å². The Labute approximate surface area is 73.8 Å². The van der Waals surface area contributed by atoms with E-state index in [1.807, 2.05) is 0 Å². The average Bonchev–Trinajstić information content (AvgIpc) is 2.37. The molecule has 0 spiro atoms. The van der Waals surface area contributed by atoms with Gasteiger partial charge in [0.05, 0.1) is 13.2 Å². The molecule has 0 aromatic heterocycles. The maximum atomic E-state index is 8.65. The van der Waals surface area contributed by atoms with Crippen molar-refractivity contribution in [3.63, 3.8) is 0 Å². The van der Waals surface area contributed by atoms with E-state index in [2.05, 4.69) is 22.6 Å². The fraction of sp³-hybridized carbons (Fsp3) is 1.00. The van der Waals surface area contributed by atoms with Gasteiger partial charge in [0.2, 0.25) is 0 Å². The largest absolute Gasteiger partial charge is 0.394 e. The summed E-state index contributed by atoms with van der Waals surface area (Å²) in [5.74, 6) is 0. The molecule has 1 aliphatic rings. The molecule has 0 aliphatic carbocycles. The number of hydrogen-bond acceptors (Lipinski definition) is 3. The Morgan fingerprint density at radius 1 is 1.60 bits per heavy atom. The molecule has 0 aromatic carbocycles. The van der Waals surface area contributed by atoms with Crippen LogP contribution in [0.5, 0.6) is 0 Å². The van der Waals surface area contributed by atoms with Gasteiger partial charge in [-0.25, -0.2) is 0 Å². The van der Waals surface area contributed by atoms with E-state index in [0.717, 1.165) is 10.8 Å². The van der Waals surface area contributed by atoms with Crippen molar-refractivity contribution in [1.82, 2.24) is 0 Å². The second-order valence-corrected chi connectivity index (χ2v) is 3.26. The molecule has 0 unspecified atom stereocenters. The Hall–Kier alpha value is 0.610. The molecule has 10 heavy (non-hydrogen) atoms. The van der Waals surface area contributed by atoms with E-state index in [4.69, 9.17) is 14.6 Å². The summed E-state index contributed by atoms with van der Waals surface area (Å²) in [4.78, 5) is 0. The van der Waals surface area contributed by atoms with Crippen LogP contribution in [-0.4, -0.2) is 35.1 Å². The van der Waals surface area contributed by atoms with Crippen LogP contribution in [0.3, 0.4) is 0 Å². The summed E-state index contributed by atoms with van der Waals surface area (Å²) in [6, 6.07) is 0. The van der Waals surface area contributed by atoms with Crippen molar-refractivity contribution in [2.45, 2.75) is 18.8 Å². The van der Waals surface area contributed by atoms with Gasteiger partial charge in [-0.05, 0) is 0 Å². The van der Waals surface area contributed by atoms with Gasteiger partial charge in [0, 0.05) is 10.8 Å². The summed E-state index contributed by atoms with van der Waals surface area (Å²) in [6.45, 7) is 0.607. The quantitative estimate of drug-likeness (QED) is 0.593. The Morgan fingerprint density at radius 2 is 2.40 bits per heavy atom. The maximum absolute atomic E-state index is 8.65. The number of alkyl halides is 1. The minimum Gasteiger partial charge on any atom is -0.394 e. The summed E-state index contributed by atoms with van der Waals surface area (Å²) in [5.41, 5.74) is 0. The van der Waals surface area contributed by atoms with Gasteiger partial charge in [-0.3, -0.25) is 0 Å². The average molecular weight is 258 g/mol. The SMILES string of the molecule is OC[C@@H]1CO[C@H](CCI)O1. The van der Waals surface area contributed by atoms with Gasteiger partial charge in [0.15, 0.2) is 6.29 Å². The fourth-order valence-corrected chi connectivity index (χ4v) is 1.35. The standard InChI is InChI=1S/C6H11IO3/c7-2-1-6-9-4-5(3-8)10-6/h5-6,8H,1-4H2/t5-,6+/m1/s1. The van der Waals surface area contributed by atoms with Crippen molar-refractivity contribution < 1.29 is 14.6 Å². The zero-order chi connectivity index (χ0) is 7.40. The van der Waals surface area contributed by atoms with Crippen molar-refractivity contribution in [3.8, 4) is 0 Å². The molecule has 1 aliphatic heterocycles. The molecule has 0 bridgehead atoms. The summed E-state index contributed by atoms with van der Waals surface area (Å²) in [7, 11) is 0. The third-order valence-corrected chi connectivity index (χ3v) is 1.98. The van der Waals surface area contributed by atoms with Gasteiger partial charge < -0.3 is 14.6 Å². The van der Waals surface area contributed by atoms with Gasteiger partial charge >= 0.3 is 0 Å². The van der Waals surface area contributed by atoms with Crippen LogP contribution in [0.15, 0.2) is 0 Å². The first-order valence-corrected chi connectivity index (χ1v) is 4.83. The summed E-state index contributed by atoms with van der Waals surface area (Å²) in [6.07, 6.45) is 0.749. The normalized spacial score (nSPS) is 33.0. The van der Waals surface area contributed by atoms with Crippen LogP contribution in [0.4, 0.5) is 0 Å². The molecule has 1 heterocycles. The van der Waals surface area contributed by atoms with Crippen molar-refractivity contribution in [1.29, 1.82) is 0 Å². The molecule has 0 saturated carbocycles. The summed E-state index contributed by atoms with van der Waals surface area (Å²) < 4.78 is 11.5. The fourth-order valence-electron chi connectivity index (χ4n) is 0.844. The highest BCUT2D eigenvalue weighted by atomic mass is 127. The Bertz CT molecular complexity index is 99.0. The lowest BCUT2D eigenvalue weighted by Crippen LogP contribution is -2.16. The first-order valence-electron chi connectivity index (χ1n) is 3.30. The second kappa shape index (κ2) is 4.48. The predicted octanol–water partition coefficient (Wildman–Crippen LogP) is 0.545. The molecule has 3 nitrogen and oxygen atoms in total. The second-order valence-electron chi connectivity index (χ2n) is 2.18. The Balaban J connectivity index is 2.15. The third-order valence-electron chi connectivity index (χ3n) is 1.36. The molecule has 60 valence electrons. The molecular formula is C6H11IO3. The van der Waals surface area contributed by atoms with Crippen LogP contribution in [0.2, 0.25) is 0 Å². The van der Waals surface area contributed by atoms with E-state index >= 15 is 0 Å². The number of ether oxygens (including phenoxy) is 2. The monoisotopic (exact) mass is 258 g/mol. The molecule has 0 radical (unpaired) electrons. The van der Waals surface area contributed by atoms with Crippen LogP contribution < -0.4 is 0 Å². The molecule has 1 N–H and O–H groups in total. The van der Waals surface area contributed by atoms with Crippen LogP contribution in [-0.2, 0) is 9.47 Å². The maximum Gasteiger partial charge on any atom is 0.159 e. The zero-order valence-electron chi connectivity index (χ0n) is 5.62. The van der Waals surface area contributed by atoms with Crippen LogP contribution in [0, 0.1) is 0 Å². The van der Waals surface area contributed by atoms with Gasteiger partial charge in [-0.1, -0.05) is 22.6 Å². The first-order chi connectivity index (χ1) is 4.86. The molecule has 1 rings (SSSR count). The molecule has 0 aromatic rings. The molecular weight excluding hydrogens is 247 g/mol. The van der Waals surface area contributed by atoms with E-state index in [9.17, 15) is 0 Å². The summed E-state index contributed by atoms with van der Waals surface area (Å²) >= 11 is 2.27. The lowest BCUT2D eigenvalue weighted by Gasteiger charge is -2.06. The van der Waals surface area contributed by atoms with Crippen molar-refractivity contribution in [3.05, 3.63) is 0 Å². The van der Waals surface area contributed by atoms with Crippen LogP contribution in [0.1, 0.15) is 6.42 Å².